The van der Waals surface area contributed by atoms with Crippen LogP contribution in [-0.4, -0.2) is 51.1 Å². The number of aromatic nitrogens is 3. The van der Waals surface area contributed by atoms with E-state index in [9.17, 15) is 9.59 Å². The molecule has 0 atom stereocenters. The van der Waals surface area contributed by atoms with Crippen molar-refractivity contribution in [3.05, 3.63) is 34.2 Å². The van der Waals surface area contributed by atoms with E-state index >= 15 is 0 Å². The fraction of sp³-hybridized carbons (Fsp3) is 0.579. The quantitative estimate of drug-likeness (QED) is 0.826. The number of hydrogen-bond donors (Lipinski definition) is 1. The van der Waals surface area contributed by atoms with Crippen molar-refractivity contribution < 1.29 is 18.8 Å². The third-order valence-electron chi connectivity index (χ3n) is 4.87. The van der Waals surface area contributed by atoms with Crippen LogP contribution in [0, 0.1) is 20.8 Å². The van der Waals surface area contributed by atoms with E-state index in [-0.39, 0.29) is 17.9 Å². The number of esters is 1. The van der Waals surface area contributed by atoms with Crippen LogP contribution >= 0.6 is 0 Å². The summed E-state index contributed by atoms with van der Waals surface area (Å²) >= 11 is 0. The molecule has 0 saturated carbocycles. The molecular formula is C19H26N4O4. The van der Waals surface area contributed by atoms with E-state index in [0.717, 1.165) is 12.8 Å². The number of hydrogen-bond acceptors (Lipinski definition) is 6. The van der Waals surface area contributed by atoms with Gasteiger partial charge in [-0.15, -0.1) is 0 Å². The molecule has 0 unspecified atom stereocenters. The molecule has 146 valence electrons. The van der Waals surface area contributed by atoms with E-state index in [1.165, 1.54) is 0 Å². The van der Waals surface area contributed by atoms with Crippen molar-refractivity contribution >= 4 is 11.9 Å². The Bertz CT molecular complexity index is 844. The van der Waals surface area contributed by atoms with Crippen LogP contribution in [0.3, 0.4) is 0 Å². The van der Waals surface area contributed by atoms with Gasteiger partial charge in [0.1, 0.15) is 5.69 Å². The summed E-state index contributed by atoms with van der Waals surface area (Å²) in [6.45, 7) is 10.2. The molecule has 1 N–H and O–H groups in total. The molecule has 0 aliphatic carbocycles. The van der Waals surface area contributed by atoms with Crippen molar-refractivity contribution in [2.45, 2.75) is 59.5 Å². The first-order valence-corrected chi connectivity index (χ1v) is 9.27. The van der Waals surface area contributed by atoms with Gasteiger partial charge in [0.15, 0.2) is 5.82 Å². The molecule has 2 aromatic rings. The van der Waals surface area contributed by atoms with Crippen molar-refractivity contribution in [3.8, 4) is 0 Å². The fourth-order valence-electron chi connectivity index (χ4n) is 3.51. The van der Waals surface area contributed by atoms with Crippen molar-refractivity contribution in [1.29, 1.82) is 0 Å². The number of nitrogens with zero attached hydrogens (tertiary/aromatic N) is 3. The Balaban J connectivity index is 1.71. The lowest BCUT2D eigenvalue weighted by Gasteiger charge is -2.30. The van der Waals surface area contributed by atoms with Crippen LogP contribution in [0.2, 0.25) is 0 Å². The predicted molar refractivity (Wildman–Crippen MR) is 97.7 cm³/mol. The minimum Gasteiger partial charge on any atom is -0.459 e. The lowest BCUT2D eigenvalue weighted by atomic mass is 9.96. The molecule has 1 saturated heterocycles. The first-order chi connectivity index (χ1) is 12.8. The fourth-order valence-corrected chi connectivity index (χ4v) is 3.51. The normalized spacial score (nSPS) is 15.4. The van der Waals surface area contributed by atoms with Crippen molar-refractivity contribution in [2.75, 3.05) is 13.1 Å². The van der Waals surface area contributed by atoms with Gasteiger partial charge < -0.3 is 19.1 Å². The highest BCUT2D eigenvalue weighted by Gasteiger charge is 2.31. The van der Waals surface area contributed by atoms with E-state index in [2.05, 4.69) is 15.1 Å². The Labute approximate surface area is 158 Å². The molecule has 3 rings (SSSR count). The van der Waals surface area contributed by atoms with Gasteiger partial charge >= 0.3 is 5.97 Å². The van der Waals surface area contributed by atoms with E-state index in [1.807, 2.05) is 0 Å². The summed E-state index contributed by atoms with van der Waals surface area (Å²) in [5.41, 5.74) is 2.19. The SMILES string of the molecule is Cc1noc(C2CCN(C(=O)c3[nH]c(C)c(C(=O)OC(C)C)c3C)CC2)n1. The zero-order valence-corrected chi connectivity index (χ0v) is 16.5. The number of ether oxygens (including phenoxy) is 1. The maximum Gasteiger partial charge on any atom is 0.340 e. The zero-order chi connectivity index (χ0) is 19.7. The molecule has 8 heteroatoms. The van der Waals surface area contributed by atoms with E-state index in [0.29, 0.717) is 47.3 Å². The molecule has 0 bridgehead atoms. The Morgan fingerprint density at radius 2 is 1.89 bits per heavy atom. The monoisotopic (exact) mass is 374 g/mol. The average molecular weight is 374 g/mol. The van der Waals surface area contributed by atoms with Gasteiger partial charge in [0, 0.05) is 24.7 Å². The number of piperidine rings is 1. The molecule has 0 aromatic carbocycles. The second kappa shape index (κ2) is 7.54. The number of nitrogens with one attached hydrogen (secondary N) is 1. The molecular weight excluding hydrogens is 348 g/mol. The lowest BCUT2D eigenvalue weighted by molar-refractivity contribution is 0.0376. The Kier molecular flexibility index (Phi) is 5.34. The number of H-pyrrole nitrogens is 1. The molecule has 0 spiro atoms. The number of likely N-dealkylation sites (tertiary alicyclic amines) is 1. The second-order valence-electron chi connectivity index (χ2n) is 7.33. The summed E-state index contributed by atoms with van der Waals surface area (Å²) in [7, 11) is 0. The highest BCUT2D eigenvalue weighted by atomic mass is 16.5. The minimum atomic E-state index is -0.402. The second-order valence-corrected chi connectivity index (χ2v) is 7.33. The van der Waals surface area contributed by atoms with Crippen molar-refractivity contribution in [3.63, 3.8) is 0 Å². The molecule has 3 heterocycles. The van der Waals surface area contributed by atoms with Gasteiger partial charge in [-0.25, -0.2) is 4.79 Å². The highest BCUT2D eigenvalue weighted by molar-refractivity contribution is 6.00. The third-order valence-corrected chi connectivity index (χ3v) is 4.87. The molecule has 0 radical (unpaired) electrons. The highest BCUT2D eigenvalue weighted by Crippen LogP contribution is 2.28. The Morgan fingerprint density at radius 1 is 1.22 bits per heavy atom. The first kappa shape index (κ1) is 19.1. The van der Waals surface area contributed by atoms with E-state index in [1.54, 1.807) is 39.5 Å². The summed E-state index contributed by atoms with van der Waals surface area (Å²) in [6.07, 6.45) is 1.33. The third kappa shape index (κ3) is 3.89. The van der Waals surface area contributed by atoms with Gasteiger partial charge in [0.2, 0.25) is 5.89 Å². The molecule has 8 nitrogen and oxygen atoms in total. The Hall–Kier alpha value is -2.64. The van der Waals surface area contributed by atoms with Crippen LogP contribution in [0.25, 0.3) is 0 Å². The van der Waals surface area contributed by atoms with Gasteiger partial charge in [0.05, 0.1) is 11.7 Å². The number of aryl methyl sites for hydroxylation is 2. The molecule has 1 aliphatic rings. The minimum absolute atomic E-state index is 0.0978. The van der Waals surface area contributed by atoms with Crippen LogP contribution in [0.4, 0.5) is 0 Å². The van der Waals surface area contributed by atoms with Gasteiger partial charge in [-0.1, -0.05) is 5.16 Å². The van der Waals surface area contributed by atoms with E-state index < -0.39 is 5.97 Å². The standard InChI is InChI=1S/C19H26N4O4/c1-10(2)26-19(25)15-11(3)16(20-12(15)4)18(24)23-8-6-14(7-9-23)17-21-13(5)22-27-17/h10,14,20H,6-9H2,1-5H3. The van der Waals surface area contributed by atoms with Crippen LogP contribution in [0.15, 0.2) is 4.52 Å². The summed E-state index contributed by atoms with van der Waals surface area (Å²) in [5.74, 6) is 0.949. The average Bonchev–Trinajstić information content (AvgIpc) is 3.17. The number of carbonyl (C=O) groups is 2. The van der Waals surface area contributed by atoms with Gasteiger partial charge in [0.25, 0.3) is 5.91 Å². The zero-order valence-electron chi connectivity index (χ0n) is 16.5. The lowest BCUT2D eigenvalue weighted by Crippen LogP contribution is -2.38. The maximum atomic E-state index is 13.0. The summed E-state index contributed by atoms with van der Waals surface area (Å²) in [6, 6.07) is 0. The maximum absolute atomic E-state index is 13.0. The van der Waals surface area contributed by atoms with Crippen molar-refractivity contribution in [1.82, 2.24) is 20.0 Å². The largest absolute Gasteiger partial charge is 0.459 e. The smallest absolute Gasteiger partial charge is 0.340 e. The van der Waals surface area contributed by atoms with E-state index in [4.69, 9.17) is 9.26 Å². The van der Waals surface area contributed by atoms with Crippen LogP contribution in [0.5, 0.6) is 0 Å². The predicted octanol–water partition coefficient (Wildman–Crippen LogP) is 2.91. The van der Waals surface area contributed by atoms with Gasteiger partial charge in [-0.3, -0.25) is 4.79 Å². The Morgan fingerprint density at radius 3 is 2.44 bits per heavy atom. The number of rotatable bonds is 4. The van der Waals surface area contributed by atoms with Crippen LogP contribution in [-0.2, 0) is 4.74 Å². The van der Waals surface area contributed by atoms with Crippen LogP contribution in [0.1, 0.15) is 76.4 Å². The molecule has 2 aromatic heterocycles. The van der Waals surface area contributed by atoms with Gasteiger partial charge in [-0.2, -0.15) is 4.98 Å². The summed E-state index contributed by atoms with van der Waals surface area (Å²) in [5, 5.41) is 3.84. The van der Waals surface area contributed by atoms with Crippen LogP contribution < -0.4 is 0 Å². The number of aromatic amines is 1. The van der Waals surface area contributed by atoms with Gasteiger partial charge in [-0.05, 0) is 53.0 Å². The summed E-state index contributed by atoms with van der Waals surface area (Å²) in [4.78, 5) is 34.5. The number of amides is 1. The first-order valence-electron chi connectivity index (χ1n) is 9.27. The molecule has 1 aliphatic heterocycles. The topological polar surface area (TPSA) is 101 Å². The molecule has 1 amide bonds. The number of carbonyl (C=O) groups excluding carboxylic acids is 2. The van der Waals surface area contributed by atoms with Crippen molar-refractivity contribution in [2.24, 2.45) is 0 Å². The molecule has 27 heavy (non-hydrogen) atoms. The molecule has 1 fully saturated rings. The summed E-state index contributed by atoms with van der Waals surface area (Å²) < 4.78 is 10.6.